The first-order valence-electron chi connectivity index (χ1n) is 11.9. The summed E-state index contributed by atoms with van der Waals surface area (Å²) in [5.74, 6) is 0. The molecule has 11 nitrogen and oxygen atoms in total. The number of benzene rings is 4. The summed E-state index contributed by atoms with van der Waals surface area (Å²) >= 11 is 6.91. The van der Waals surface area contributed by atoms with Gasteiger partial charge in [-0.25, -0.2) is 0 Å². The van der Waals surface area contributed by atoms with Gasteiger partial charge in [0.05, 0.1) is 39.2 Å². The first kappa shape index (κ1) is 26.1. The van der Waals surface area contributed by atoms with E-state index in [1.165, 1.54) is 24.3 Å². The van der Waals surface area contributed by atoms with E-state index in [4.69, 9.17) is 11.6 Å². The minimum atomic E-state index is -0.476. The van der Waals surface area contributed by atoms with Gasteiger partial charge in [0.15, 0.2) is 0 Å². The lowest BCUT2D eigenvalue weighted by atomic mass is 10.1. The molecule has 0 spiro atoms. The van der Waals surface area contributed by atoms with Crippen molar-refractivity contribution >= 4 is 57.7 Å². The zero-order chi connectivity index (χ0) is 28.1. The van der Waals surface area contributed by atoms with Gasteiger partial charge in [0.2, 0.25) is 0 Å². The molecule has 1 aromatic heterocycles. The molecule has 0 aliphatic heterocycles. The average Bonchev–Trinajstić information content (AvgIpc) is 3.25. The fourth-order valence-electron chi connectivity index (χ4n) is 4.13. The van der Waals surface area contributed by atoms with Crippen LogP contribution in [0.15, 0.2) is 107 Å². The Morgan fingerprint density at radius 2 is 1.30 bits per heavy atom. The Morgan fingerprint density at radius 1 is 0.725 bits per heavy atom. The third kappa shape index (κ3) is 5.49. The number of nitrogens with one attached hydrogen (secondary N) is 2. The quantitative estimate of drug-likeness (QED) is 0.114. The topological polar surface area (TPSA) is 140 Å². The summed E-state index contributed by atoms with van der Waals surface area (Å²) in [6.45, 7) is 0. The molecule has 40 heavy (non-hydrogen) atoms. The summed E-state index contributed by atoms with van der Waals surface area (Å²) in [6, 6.07) is 27.2. The summed E-state index contributed by atoms with van der Waals surface area (Å²) in [6.07, 6.45) is 3.17. The minimum Gasteiger partial charge on any atom is -0.299 e. The van der Waals surface area contributed by atoms with E-state index >= 15 is 0 Å². The molecule has 0 radical (unpaired) electrons. The summed E-state index contributed by atoms with van der Waals surface area (Å²) in [4.78, 5) is 21.2. The highest BCUT2D eigenvalue weighted by Crippen LogP contribution is 2.34. The second kappa shape index (κ2) is 11.5. The van der Waals surface area contributed by atoms with Crippen LogP contribution in [-0.2, 0) is 0 Å². The Balaban J connectivity index is 1.53. The smallest absolute Gasteiger partial charge is 0.271 e. The van der Waals surface area contributed by atoms with E-state index < -0.39 is 9.85 Å². The standard InChI is InChI=1S/C28H20ClN7O4/c29-28-26(18-31-33-21-9-6-13-24(16-21)36(39)40)25-14-4-7-19(27(25)34(28)22-10-2-1-3-11-22)17-30-32-20-8-5-12-23(15-20)35(37)38/h1-18,32-33H/b30-17+,31-18+. The number of hydrazone groups is 2. The second-order valence-corrected chi connectivity index (χ2v) is 8.83. The molecule has 0 fully saturated rings. The monoisotopic (exact) mass is 553 g/mol. The van der Waals surface area contributed by atoms with Gasteiger partial charge < -0.3 is 0 Å². The second-order valence-electron chi connectivity index (χ2n) is 8.47. The zero-order valence-corrected chi connectivity index (χ0v) is 21.4. The molecular weight excluding hydrogens is 534 g/mol. The first-order valence-corrected chi connectivity index (χ1v) is 12.3. The molecule has 12 heteroatoms. The van der Waals surface area contributed by atoms with Gasteiger partial charge in [-0.05, 0) is 24.3 Å². The number of rotatable bonds is 9. The fraction of sp³-hybridized carbons (Fsp3) is 0. The SMILES string of the molecule is O=[N+]([O-])c1cccc(N/N=C/c2c(Cl)n(-c3ccccc3)c3c(/C=N/Nc4cccc([N+](=O)[O-])c4)cccc23)c1. The normalized spacial score (nSPS) is 11.3. The maximum atomic E-state index is 11.1. The highest BCUT2D eigenvalue weighted by Gasteiger charge is 2.18. The third-order valence-corrected chi connectivity index (χ3v) is 6.29. The van der Waals surface area contributed by atoms with Crippen molar-refractivity contribution in [3.8, 4) is 5.69 Å². The molecule has 0 saturated carbocycles. The van der Waals surface area contributed by atoms with Gasteiger partial charge >= 0.3 is 0 Å². The number of hydrogen-bond donors (Lipinski definition) is 2. The summed E-state index contributed by atoms with van der Waals surface area (Å²) < 4.78 is 1.88. The molecule has 0 amide bonds. The van der Waals surface area contributed by atoms with Gasteiger partial charge in [0.1, 0.15) is 5.15 Å². The highest BCUT2D eigenvalue weighted by atomic mass is 35.5. The number of non-ortho nitro benzene ring substituents is 2. The maximum Gasteiger partial charge on any atom is 0.271 e. The number of fused-ring (bicyclic) bond motifs is 1. The summed E-state index contributed by atoms with van der Waals surface area (Å²) in [7, 11) is 0. The van der Waals surface area contributed by atoms with Gasteiger partial charge in [-0.2, -0.15) is 10.2 Å². The molecule has 4 aromatic carbocycles. The summed E-state index contributed by atoms with van der Waals surface area (Å²) in [5, 5.41) is 31.9. The molecule has 1 heterocycles. The van der Waals surface area contributed by atoms with E-state index in [-0.39, 0.29) is 11.4 Å². The molecule has 0 saturated heterocycles. The maximum absolute atomic E-state index is 11.1. The number of nitro groups is 2. The van der Waals surface area contributed by atoms with Crippen LogP contribution in [0.5, 0.6) is 0 Å². The van der Waals surface area contributed by atoms with Gasteiger partial charge in [0, 0.05) is 46.5 Å². The Labute approximate surface area is 232 Å². The van der Waals surface area contributed by atoms with Gasteiger partial charge in [-0.1, -0.05) is 60.1 Å². The first-order chi connectivity index (χ1) is 19.4. The minimum absolute atomic E-state index is 0.0466. The lowest BCUT2D eigenvalue weighted by Gasteiger charge is -2.09. The number of anilines is 2. The third-order valence-electron chi connectivity index (χ3n) is 5.91. The molecule has 0 bridgehead atoms. The van der Waals surface area contributed by atoms with E-state index in [9.17, 15) is 20.2 Å². The Bertz CT molecular complexity index is 1780. The van der Waals surface area contributed by atoms with E-state index in [2.05, 4.69) is 21.1 Å². The van der Waals surface area contributed by atoms with E-state index in [1.807, 2.05) is 53.1 Å². The van der Waals surface area contributed by atoms with Crippen LogP contribution >= 0.6 is 11.6 Å². The van der Waals surface area contributed by atoms with Crippen molar-refractivity contribution in [1.29, 1.82) is 0 Å². The van der Waals surface area contributed by atoms with Crippen molar-refractivity contribution in [1.82, 2.24) is 4.57 Å². The average molecular weight is 554 g/mol. The van der Waals surface area contributed by atoms with Crippen LogP contribution in [-0.4, -0.2) is 26.8 Å². The Hall–Kier alpha value is -5.55. The molecular formula is C28H20ClN7O4. The number of halogens is 1. The lowest BCUT2D eigenvalue weighted by molar-refractivity contribution is -0.385. The van der Waals surface area contributed by atoms with Crippen LogP contribution in [0.3, 0.4) is 0 Å². The molecule has 2 N–H and O–H groups in total. The Kier molecular flexibility index (Phi) is 7.47. The van der Waals surface area contributed by atoms with Gasteiger partial charge in [0.25, 0.3) is 11.4 Å². The van der Waals surface area contributed by atoms with Crippen LogP contribution in [0.25, 0.3) is 16.6 Å². The number of nitrogens with zero attached hydrogens (tertiary/aromatic N) is 5. The van der Waals surface area contributed by atoms with E-state index in [0.717, 1.165) is 22.2 Å². The van der Waals surface area contributed by atoms with Crippen molar-refractivity contribution in [2.75, 3.05) is 10.9 Å². The molecule has 0 aliphatic rings. The fourth-order valence-corrected chi connectivity index (χ4v) is 4.46. The number of para-hydroxylation sites is 2. The van der Waals surface area contributed by atoms with Crippen LogP contribution in [0.1, 0.15) is 11.1 Å². The lowest BCUT2D eigenvalue weighted by Crippen LogP contribution is -1.98. The molecule has 0 atom stereocenters. The molecule has 0 aliphatic carbocycles. The van der Waals surface area contributed by atoms with E-state index in [0.29, 0.717) is 22.1 Å². The zero-order valence-electron chi connectivity index (χ0n) is 20.6. The van der Waals surface area contributed by atoms with Gasteiger partial charge in [-0.15, -0.1) is 0 Å². The van der Waals surface area contributed by atoms with Crippen molar-refractivity contribution < 1.29 is 9.85 Å². The number of hydrogen-bond acceptors (Lipinski definition) is 8. The molecule has 5 rings (SSSR count). The predicted molar refractivity (Wildman–Crippen MR) is 157 cm³/mol. The highest BCUT2D eigenvalue weighted by molar-refractivity contribution is 6.35. The number of nitro benzene ring substituents is 2. The number of aromatic nitrogens is 1. The van der Waals surface area contributed by atoms with E-state index in [1.54, 1.807) is 36.7 Å². The van der Waals surface area contributed by atoms with Crippen LogP contribution < -0.4 is 10.9 Å². The molecule has 0 unspecified atom stereocenters. The molecule has 198 valence electrons. The van der Waals surface area contributed by atoms with Crippen molar-refractivity contribution in [2.45, 2.75) is 0 Å². The van der Waals surface area contributed by atoms with Crippen LogP contribution in [0.2, 0.25) is 5.15 Å². The summed E-state index contributed by atoms with van der Waals surface area (Å²) in [5.41, 5.74) is 9.41. The van der Waals surface area contributed by atoms with Crippen molar-refractivity contribution in [2.24, 2.45) is 10.2 Å². The van der Waals surface area contributed by atoms with Crippen LogP contribution in [0.4, 0.5) is 22.7 Å². The largest absolute Gasteiger partial charge is 0.299 e. The Morgan fingerprint density at radius 3 is 1.90 bits per heavy atom. The van der Waals surface area contributed by atoms with Crippen molar-refractivity contribution in [3.63, 3.8) is 0 Å². The van der Waals surface area contributed by atoms with Crippen molar-refractivity contribution in [3.05, 3.63) is 134 Å². The predicted octanol–water partition coefficient (Wildman–Crippen LogP) is 6.99. The van der Waals surface area contributed by atoms with Crippen LogP contribution in [0, 0.1) is 20.2 Å². The molecule has 5 aromatic rings. The van der Waals surface area contributed by atoms with Gasteiger partial charge in [-0.3, -0.25) is 35.6 Å².